The fraction of sp³-hybridized carbons (Fsp3) is 0.533. The zero-order valence-electron chi connectivity index (χ0n) is 12.0. The minimum atomic E-state index is 0.120. The molecule has 0 unspecified atom stereocenters. The van der Waals surface area contributed by atoms with Gasteiger partial charge in [0.15, 0.2) is 0 Å². The van der Waals surface area contributed by atoms with Crippen LogP contribution in [0.1, 0.15) is 32.7 Å². The van der Waals surface area contributed by atoms with Gasteiger partial charge in [-0.15, -0.1) is 0 Å². The van der Waals surface area contributed by atoms with Crippen LogP contribution in [0.3, 0.4) is 0 Å². The molecule has 1 fully saturated rings. The van der Waals surface area contributed by atoms with E-state index in [1.165, 1.54) is 0 Å². The lowest BCUT2D eigenvalue weighted by Crippen LogP contribution is -2.20. The summed E-state index contributed by atoms with van der Waals surface area (Å²) in [5.74, 6) is 1.36. The molecule has 2 aromatic rings. The Morgan fingerprint density at radius 3 is 2.80 bits per heavy atom. The van der Waals surface area contributed by atoms with E-state index in [-0.39, 0.29) is 6.10 Å². The van der Waals surface area contributed by atoms with Crippen LogP contribution in [0.2, 0.25) is 0 Å². The lowest BCUT2D eigenvalue weighted by atomic mass is 10.1. The molecule has 1 aromatic heterocycles. The Labute approximate surface area is 118 Å². The molecule has 108 valence electrons. The number of imidazole rings is 1. The number of ether oxygens (including phenoxy) is 2. The second-order valence-corrected chi connectivity index (χ2v) is 5.47. The molecular formula is C15H21N3O2. The van der Waals surface area contributed by atoms with Crippen LogP contribution in [0.5, 0.6) is 5.75 Å². The third-order valence-corrected chi connectivity index (χ3v) is 3.63. The van der Waals surface area contributed by atoms with E-state index in [1.807, 2.05) is 26.0 Å². The Morgan fingerprint density at radius 2 is 2.10 bits per heavy atom. The van der Waals surface area contributed by atoms with Crippen molar-refractivity contribution < 1.29 is 9.47 Å². The van der Waals surface area contributed by atoms with E-state index in [0.717, 1.165) is 42.8 Å². The summed E-state index contributed by atoms with van der Waals surface area (Å²) in [5.41, 5.74) is 8.04. The maximum Gasteiger partial charge on any atom is 0.201 e. The van der Waals surface area contributed by atoms with Crippen molar-refractivity contribution in [1.82, 2.24) is 9.55 Å². The molecule has 1 aliphatic heterocycles. The first kappa shape index (κ1) is 13.2. The van der Waals surface area contributed by atoms with Gasteiger partial charge < -0.3 is 19.8 Å². The molecule has 5 heteroatoms. The molecule has 3 rings (SSSR count). The number of para-hydroxylation sites is 1. The molecule has 0 amide bonds. The Hall–Kier alpha value is -1.75. The summed E-state index contributed by atoms with van der Waals surface area (Å²) >= 11 is 0. The highest BCUT2D eigenvalue weighted by atomic mass is 16.5. The van der Waals surface area contributed by atoms with Gasteiger partial charge in [0.1, 0.15) is 11.3 Å². The number of fused-ring (bicyclic) bond motifs is 1. The van der Waals surface area contributed by atoms with Crippen LogP contribution in [-0.4, -0.2) is 28.9 Å². The first-order valence-electron chi connectivity index (χ1n) is 7.17. The molecule has 1 saturated heterocycles. The van der Waals surface area contributed by atoms with Crippen molar-refractivity contribution in [2.45, 2.75) is 38.8 Å². The van der Waals surface area contributed by atoms with Crippen LogP contribution in [-0.2, 0) is 4.74 Å². The van der Waals surface area contributed by atoms with Crippen LogP contribution >= 0.6 is 0 Å². The van der Waals surface area contributed by atoms with Gasteiger partial charge >= 0.3 is 0 Å². The number of hydrogen-bond donors (Lipinski definition) is 1. The van der Waals surface area contributed by atoms with E-state index in [2.05, 4.69) is 15.6 Å². The predicted octanol–water partition coefficient (Wildman–Crippen LogP) is 2.76. The Morgan fingerprint density at radius 1 is 1.35 bits per heavy atom. The molecule has 0 atom stereocenters. The molecule has 0 aliphatic carbocycles. The average molecular weight is 275 g/mol. The van der Waals surface area contributed by atoms with E-state index in [0.29, 0.717) is 12.0 Å². The molecule has 5 nitrogen and oxygen atoms in total. The molecule has 1 aromatic carbocycles. The highest BCUT2D eigenvalue weighted by molar-refractivity contribution is 5.84. The number of nitrogens with two attached hydrogens (primary N) is 1. The van der Waals surface area contributed by atoms with Gasteiger partial charge in [-0.05, 0) is 38.8 Å². The molecule has 20 heavy (non-hydrogen) atoms. The summed E-state index contributed by atoms with van der Waals surface area (Å²) in [6, 6.07) is 6.37. The summed E-state index contributed by atoms with van der Waals surface area (Å²) < 4.78 is 13.4. The lowest BCUT2D eigenvalue weighted by molar-refractivity contribution is 0.0711. The second kappa shape index (κ2) is 5.32. The number of nitrogens with zero attached hydrogens (tertiary/aromatic N) is 2. The van der Waals surface area contributed by atoms with Gasteiger partial charge in [0, 0.05) is 19.3 Å². The molecule has 1 aliphatic rings. The topological polar surface area (TPSA) is 62.3 Å². The van der Waals surface area contributed by atoms with Gasteiger partial charge in [-0.25, -0.2) is 4.98 Å². The Bertz CT molecular complexity index is 600. The molecule has 0 saturated carbocycles. The van der Waals surface area contributed by atoms with Crippen molar-refractivity contribution in [3.8, 4) is 5.75 Å². The van der Waals surface area contributed by atoms with Gasteiger partial charge in [0.2, 0.25) is 5.95 Å². The highest BCUT2D eigenvalue weighted by Crippen LogP contribution is 2.33. The van der Waals surface area contributed by atoms with Crippen molar-refractivity contribution >= 4 is 17.0 Å². The first-order valence-corrected chi connectivity index (χ1v) is 7.17. The zero-order valence-corrected chi connectivity index (χ0v) is 12.0. The van der Waals surface area contributed by atoms with Gasteiger partial charge in [0.25, 0.3) is 0 Å². The number of aromatic nitrogens is 2. The van der Waals surface area contributed by atoms with Crippen LogP contribution in [0.4, 0.5) is 5.95 Å². The van der Waals surface area contributed by atoms with Crippen molar-refractivity contribution in [3.63, 3.8) is 0 Å². The fourth-order valence-electron chi connectivity index (χ4n) is 2.79. The van der Waals surface area contributed by atoms with E-state index in [9.17, 15) is 0 Å². The van der Waals surface area contributed by atoms with Gasteiger partial charge in [0.05, 0.1) is 11.6 Å². The van der Waals surface area contributed by atoms with Gasteiger partial charge in [-0.1, -0.05) is 6.07 Å². The van der Waals surface area contributed by atoms with Crippen LogP contribution in [0.25, 0.3) is 11.0 Å². The largest absolute Gasteiger partial charge is 0.489 e. The van der Waals surface area contributed by atoms with Crippen molar-refractivity contribution in [2.24, 2.45) is 0 Å². The van der Waals surface area contributed by atoms with Crippen molar-refractivity contribution in [1.29, 1.82) is 0 Å². The molecule has 0 radical (unpaired) electrons. The minimum absolute atomic E-state index is 0.120. The Kier molecular flexibility index (Phi) is 3.53. The molecule has 2 N–H and O–H groups in total. The van der Waals surface area contributed by atoms with E-state index >= 15 is 0 Å². The average Bonchev–Trinajstić information content (AvgIpc) is 2.76. The van der Waals surface area contributed by atoms with E-state index in [1.54, 1.807) is 0 Å². The first-order chi connectivity index (χ1) is 9.66. The Balaban J connectivity index is 2.06. The summed E-state index contributed by atoms with van der Waals surface area (Å²) in [6.45, 7) is 5.59. The SMILES string of the molecule is CC(C)Oc1cccc2c1nc(N)n2C1CCOCC1. The second-order valence-electron chi connectivity index (χ2n) is 5.47. The maximum absolute atomic E-state index is 6.14. The molecule has 0 bridgehead atoms. The standard InChI is InChI=1S/C15H21N3O2/c1-10(2)20-13-5-3-4-12-14(13)17-15(16)18(12)11-6-8-19-9-7-11/h3-5,10-11H,6-9H2,1-2H3,(H2,16,17). The minimum Gasteiger partial charge on any atom is -0.489 e. The molecular weight excluding hydrogens is 254 g/mol. The smallest absolute Gasteiger partial charge is 0.201 e. The van der Waals surface area contributed by atoms with Crippen LogP contribution in [0.15, 0.2) is 18.2 Å². The summed E-state index contributed by atoms with van der Waals surface area (Å²) in [6.07, 6.45) is 2.07. The summed E-state index contributed by atoms with van der Waals surface area (Å²) in [5, 5.41) is 0. The predicted molar refractivity (Wildman–Crippen MR) is 79.0 cm³/mol. The summed E-state index contributed by atoms with van der Waals surface area (Å²) in [7, 11) is 0. The van der Waals surface area contributed by atoms with Crippen LogP contribution < -0.4 is 10.5 Å². The number of anilines is 1. The number of hydrogen-bond acceptors (Lipinski definition) is 4. The third-order valence-electron chi connectivity index (χ3n) is 3.63. The zero-order chi connectivity index (χ0) is 14.1. The number of benzene rings is 1. The van der Waals surface area contributed by atoms with Crippen molar-refractivity contribution in [2.75, 3.05) is 18.9 Å². The molecule has 2 heterocycles. The normalized spacial score (nSPS) is 16.9. The van der Waals surface area contributed by atoms with Crippen LogP contribution in [0, 0.1) is 0 Å². The number of rotatable bonds is 3. The fourth-order valence-corrected chi connectivity index (χ4v) is 2.79. The lowest BCUT2D eigenvalue weighted by Gasteiger charge is -2.24. The summed E-state index contributed by atoms with van der Waals surface area (Å²) in [4.78, 5) is 4.52. The van der Waals surface area contributed by atoms with E-state index < -0.39 is 0 Å². The maximum atomic E-state index is 6.14. The van der Waals surface area contributed by atoms with Crippen molar-refractivity contribution in [3.05, 3.63) is 18.2 Å². The van der Waals surface area contributed by atoms with E-state index in [4.69, 9.17) is 15.2 Å². The number of nitrogen functional groups attached to an aromatic ring is 1. The van der Waals surface area contributed by atoms with Gasteiger partial charge in [-0.3, -0.25) is 0 Å². The highest BCUT2D eigenvalue weighted by Gasteiger charge is 2.22. The molecule has 0 spiro atoms. The quantitative estimate of drug-likeness (QED) is 0.935. The monoisotopic (exact) mass is 275 g/mol. The third kappa shape index (κ3) is 2.33. The van der Waals surface area contributed by atoms with Gasteiger partial charge in [-0.2, -0.15) is 0 Å².